The Labute approximate surface area is 167 Å². The van der Waals surface area contributed by atoms with E-state index in [0.717, 1.165) is 19.3 Å². The first-order valence-electron chi connectivity index (χ1n) is 9.55. The number of carboxylic acids is 1. The van der Waals surface area contributed by atoms with Gasteiger partial charge in [0, 0.05) is 18.7 Å². The Morgan fingerprint density at radius 3 is 2.57 bits per heavy atom. The number of rotatable bonds is 4. The summed E-state index contributed by atoms with van der Waals surface area (Å²) in [5.74, 6) is -1.56. The molecule has 2 aliphatic rings. The van der Waals surface area contributed by atoms with Gasteiger partial charge in [0.25, 0.3) is 11.8 Å². The Balaban J connectivity index is 1.45. The third kappa shape index (κ3) is 3.67. The van der Waals surface area contributed by atoms with Crippen LogP contribution in [0.3, 0.4) is 0 Å². The van der Waals surface area contributed by atoms with Crippen molar-refractivity contribution in [1.29, 1.82) is 0 Å². The highest BCUT2D eigenvalue weighted by atomic mass is 32.1. The van der Waals surface area contributed by atoms with E-state index in [9.17, 15) is 14.4 Å². The number of benzene rings is 1. The summed E-state index contributed by atoms with van der Waals surface area (Å²) in [6.07, 6.45) is 4.12. The minimum Gasteiger partial charge on any atom is -0.481 e. The molecule has 0 bridgehead atoms. The standard InChI is InChI=1S/C21H22N2O4S/c24-18(16-5-4-13-2-1-3-15(13)12-16)22-19-17(8-11-28-19)20(25)23-9-6-14(7-10-23)21(26)27/h4-5,8,11-12,14H,1-3,6-7,9-10H2,(H,22,24)(H,26,27). The lowest BCUT2D eigenvalue weighted by atomic mass is 9.97. The number of hydrogen-bond acceptors (Lipinski definition) is 4. The van der Waals surface area contributed by atoms with Gasteiger partial charge in [-0.3, -0.25) is 14.4 Å². The molecule has 2 heterocycles. The largest absolute Gasteiger partial charge is 0.481 e. The number of likely N-dealkylation sites (tertiary alicyclic amines) is 1. The summed E-state index contributed by atoms with van der Waals surface area (Å²) in [7, 11) is 0. The predicted molar refractivity (Wildman–Crippen MR) is 107 cm³/mol. The maximum atomic E-state index is 12.9. The van der Waals surface area contributed by atoms with Crippen LogP contribution in [-0.4, -0.2) is 40.9 Å². The first-order chi connectivity index (χ1) is 13.5. The second kappa shape index (κ2) is 7.75. The second-order valence-corrected chi connectivity index (χ2v) is 8.28. The molecule has 146 valence electrons. The quantitative estimate of drug-likeness (QED) is 0.826. The Morgan fingerprint density at radius 2 is 1.82 bits per heavy atom. The fraction of sp³-hybridized carbons (Fsp3) is 0.381. The van der Waals surface area contributed by atoms with Crippen molar-refractivity contribution in [3.8, 4) is 0 Å². The van der Waals surface area contributed by atoms with E-state index >= 15 is 0 Å². The van der Waals surface area contributed by atoms with E-state index in [1.165, 1.54) is 22.5 Å². The van der Waals surface area contributed by atoms with Gasteiger partial charge in [0.1, 0.15) is 5.00 Å². The van der Waals surface area contributed by atoms with Crippen LogP contribution in [0.15, 0.2) is 29.6 Å². The van der Waals surface area contributed by atoms with Crippen molar-refractivity contribution < 1.29 is 19.5 Å². The van der Waals surface area contributed by atoms with Crippen LogP contribution in [0.1, 0.15) is 51.1 Å². The van der Waals surface area contributed by atoms with E-state index in [0.29, 0.717) is 42.1 Å². The lowest BCUT2D eigenvalue weighted by molar-refractivity contribution is -0.143. The van der Waals surface area contributed by atoms with Crippen molar-refractivity contribution in [2.75, 3.05) is 18.4 Å². The van der Waals surface area contributed by atoms with Gasteiger partial charge in [-0.15, -0.1) is 11.3 Å². The van der Waals surface area contributed by atoms with Crippen LogP contribution in [0.4, 0.5) is 5.00 Å². The van der Waals surface area contributed by atoms with Crippen LogP contribution in [0.2, 0.25) is 0 Å². The topological polar surface area (TPSA) is 86.7 Å². The first-order valence-corrected chi connectivity index (χ1v) is 10.4. The molecule has 0 saturated carbocycles. The summed E-state index contributed by atoms with van der Waals surface area (Å²) in [5, 5.41) is 14.3. The van der Waals surface area contributed by atoms with Crippen LogP contribution < -0.4 is 5.32 Å². The van der Waals surface area contributed by atoms with Gasteiger partial charge in [-0.1, -0.05) is 6.07 Å². The highest BCUT2D eigenvalue weighted by Gasteiger charge is 2.29. The number of carbonyl (C=O) groups is 3. The lowest BCUT2D eigenvalue weighted by Gasteiger charge is -2.30. The normalized spacial score (nSPS) is 16.6. The van der Waals surface area contributed by atoms with E-state index in [1.807, 2.05) is 18.2 Å². The number of thiophene rings is 1. The molecule has 2 N–H and O–H groups in total. The number of aliphatic carboxylic acids is 1. The molecule has 6 nitrogen and oxygen atoms in total. The molecule has 1 aromatic heterocycles. The molecule has 1 aliphatic carbocycles. The summed E-state index contributed by atoms with van der Waals surface area (Å²) in [4.78, 5) is 38.3. The first kappa shape index (κ1) is 18.7. The summed E-state index contributed by atoms with van der Waals surface area (Å²) in [5.41, 5.74) is 3.62. The minimum atomic E-state index is -0.801. The number of nitrogens with one attached hydrogen (secondary N) is 1. The molecule has 2 aromatic rings. The zero-order valence-electron chi connectivity index (χ0n) is 15.4. The molecular weight excluding hydrogens is 376 g/mol. The van der Waals surface area contributed by atoms with Crippen LogP contribution in [0, 0.1) is 5.92 Å². The molecule has 28 heavy (non-hydrogen) atoms. The Hall–Kier alpha value is -2.67. The van der Waals surface area contributed by atoms with E-state index in [-0.39, 0.29) is 17.7 Å². The van der Waals surface area contributed by atoms with Crippen LogP contribution in [0.5, 0.6) is 0 Å². The molecule has 2 amide bonds. The van der Waals surface area contributed by atoms with Gasteiger partial charge in [0.05, 0.1) is 11.5 Å². The van der Waals surface area contributed by atoms with Gasteiger partial charge in [0.2, 0.25) is 0 Å². The van der Waals surface area contributed by atoms with Crippen molar-refractivity contribution in [1.82, 2.24) is 4.90 Å². The Morgan fingerprint density at radius 1 is 1.07 bits per heavy atom. The molecule has 1 aliphatic heterocycles. The van der Waals surface area contributed by atoms with E-state index in [4.69, 9.17) is 5.11 Å². The molecule has 1 fully saturated rings. The molecular formula is C21H22N2O4S. The summed E-state index contributed by atoms with van der Waals surface area (Å²) in [6.45, 7) is 0.841. The van der Waals surface area contributed by atoms with Crippen LogP contribution >= 0.6 is 11.3 Å². The maximum Gasteiger partial charge on any atom is 0.306 e. The highest BCUT2D eigenvalue weighted by molar-refractivity contribution is 7.14. The Kier molecular flexibility index (Phi) is 5.17. The van der Waals surface area contributed by atoms with Gasteiger partial charge >= 0.3 is 5.97 Å². The summed E-state index contributed by atoms with van der Waals surface area (Å²) >= 11 is 1.32. The molecule has 0 atom stereocenters. The number of piperidine rings is 1. The average Bonchev–Trinajstić information content (AvgIpc) is 3.36. The fourth-order valence-electron chi connectivity index (χ4n) is 3.96. The SMILES string of the molecule is O=C(Nc1sccc1C(=O)N1CCC(C(=O)O)CC1)c1ccc2c(c1)CCC2. The molecule has 1 saturated heterocycles. The smallest absolute Gasteiger partial charge is 0.306 e. The third-order valence-electron chi connectivity index (χ3n) is 5.61. The van der Waals surface area contributed by atoms with E-state index < -0.39 is 5.97 Å². The minimum absolute atomic E-state index is 0.158. The number of hydrogen-bond donors (Lipinski definition) is 2. The molecule has 0 spiro atoms. The van der Waals surface area contributed by atoms with Crippen LogP contribution in [-0.2, 0) is 17.6 Å². The molecule has 4 rings (SSSR count). The number of carbonyl (C=O) groups excluding carboxylic acids is 2. The highest BCUT2D eigenvalue weighted by Crippen LogP contribution is 2.28. The number of fused-ring (bicyclic) bond motifs is 1. The molecule has 0 unspecified atom stereocenters. The van der Waals surface area contributed by atoms with Gasteiger partial charge in [0.15, 0.2) is 0 Å². The zero-order chi connectivity index (χ0) is 19.7. The van der Waals surface area contributed by atoms with Crippen molar-refractivity contribution >= 4 is 34.1 Å². The summed E-state index contributed by atoms with van der Waals surface area (Å²) in [6, 6.07) is 7.52. The van der Waals surface area contributed by atoms with E-state index in [1.54, 1.807) is 16.3 Å². The van der Waals surface area contributed by atoms with Crippen LogP contribution in [0.25, 0.3) is 0 Å². The van der Waals surface area contributed by atoms with Gasteiger partial charge in [-0.25, -0.2) is 0 Å². The fourth-order valence-corrected chi connectivity index (χ4v) is 4.74. The van der Waals surface area contributed by atoms with Crippen molar-refractivity contribution in [2.45, 2.75) is 32.1 Å². The van der Waals surface area contributed by atoms with Gasteiger partial charge < -0.3 is 15.3 Å². The Bertz CT molecular complexity index is 928. The van der Waals surface area contributed by atoms with Crippen molar-refractivity contribution in [2.24, 2.45) is 5.92 Å². The molecule has 7 heteroatoms. The third-order valence-corrected chi connectivity index (χ3v) is 6.44. The van der Waals surface area contributed by atoms with Gasteiger partial charge in [-0.05, 0) is 66.8 Å². The number of nitrogens with zero attached hydrogens (tertiary/aromatic N) is 1. The molecule has 0 radical (unpaired) electrons. The zero-order valence-corrected chi connectivity index (χ0v) is 16.3. The maximum absolute atomic E-state index is 12.9. The van der Waals surface area contributed by atoms with Crippen molar-refractivity contribution in [3.63, 3.8) is 0 Å². The lowest BCUT2D eigenvalue weighted by Crippen LogP contribution is -2.40. The predicted octanol–water partition coefficient (Wildman–Crippen LogP) is 3.43. The number of carboxylic acid groups (broad SMARTS) is 1. The second-order valence-electron chi connectivity index (χ2n) is 7.36. The number of anilines is 1. The monoisotopic (exact) mass is 398 g/mol. The number of aryl methyl sites for hydroxylation is 2. The average molecular weight is 398 g/mol. The summed E-state index contributed by atoms with van der Waals surface area (Å²) < 4.78 is 0. The molecule has 1 aromatic carbocycles. The van der Waals surface area contributed by atoms with E-state index in [2.05, 4.69) is 5.32 Å². The van der Waals surface area contributed by atoms with Gasteiger partial charge in [-0.2, -0.15) is 0 Å². The number of amides is 2. The van der Waals surface area contributed by atoms with Crippen molar-refractivity contribution in [3.05, 3.63) is 51.9 Å².